The van der Waals surface area contributed by atoms with Crippen LogP contribution in [0.3, 0.4) is 0 Å². The maximum Gasteiger partial charge on any atom is 0.276 e. The highest BCUT2D eigenvalue weighted by Gasteiger charge is 2.16. The molecule has 0 bridgehead atoms. The van der Waals surface area contributed by atoms with Crippen LogP contribution in [0.1, 0.15) is 21.6 Å². The van der Waals surface area contributed by atoms with Crippen molar-refractivity contribution in [1.82, 2.24) is 20.0 Å². The van der Waals surface area contributed by atoms with Crippen molar-refractivity contribution in [2.24, 2.45) is 5.10 Å². The van der Waals surface area contributed by atoms with Gasteiger partial charge in [0.05, 0.1) is 18.1 Å². The number of carbonyl (C=O) groups is 1. The van der Waals surface area contributed by atoms with Crippen molar-refractivity contribution in [3.63, 3.8) is 0 Å². The molecule has 0 fully saturated rings. The Morgan fingerprint density at radius 3 is 2.62 bits per heavy atom. The normalized spacial score (nSPS) is 11.2. The lowest BCUT2D eigenvalue weighted by Crippen LogP contribution is -2.17. The Hall–Kier alpha value is -3.45. The lowest BCUT2D eigenvalue weighted by Gasteiger charge is -2.05. The average molecular weight is 401 g/mol. The number of hydrazone groups is 1. The number of hydrogen-bond donors (Lipinski definition) is 1. The van der Waals surface area contributed by atoms with E-state index in [1.807, 2.05) is 73.8 Å². The Labute approximate surface area is 172 Å². The molecule has 0 aliphatic heterocycles. The first-order valence-electron chi connectivity index (χ1n) is 9.04. The fourth-order valence-corrected chi connectivity index (χ4v) is 3.35. The molecule has 4 rings (SSSR count). The van der Waals surface area contributed by atoms with Gasteiger partial charge >= 0.3 is 0 Å². The van der Waals surface area contributed by atoms with Gasteiger partial charge in [0.15, 0.2) is 5.65 Å². The van der Waals surface area contributed by atoms with Crippen molar-refractivity contribution >= 4 is 29.5 Å². The second-order valence-corrected chi connectivity index (χ2v) is 7.29. The molecular formula is C22H19N5OS. The predicted octanol–water partition coefficient (Wildman–Crippen LogP) is 4.19. The zero-order valence-electron chi connectivity index (χ0n) is 16.0. The van der Waals surface area contributed by atoms with Crippen molar-refractivity contribution in [2.45, 2.75) is 11.8 Å². The van der Waals surface area contributed by atoms with Crippen molar-refractivity contribution in [3.8, 4) is 11.3 Å². The van der Waals surface area contributed by atoms with Crippen LogP contribution in [0.5, 0.6) is 0 Å². The van der Waals surface area contributed by atoms with E-state index >= 15 is 0 Å². The van der Waals surface area contributed by atoms with Gasteiger partial charge in [-0.25, -0.2) is 14.9 Å². The molecule has 144 valence electrons. The van der Waals surface area contributed by atoms with Gasteiger partial charge in [0.1, 0.15) is 5.56 Å². The molecule has 0 radical (unpaired) electrons. The van der Waals surface area contributed by atoms with E-state index in [0.29, 0.717) is 11.2 Å². The third kappa shape index (κ3) is 4.05. The van der Waals surface area contributed by atoms with E-state index in [4.69, 9.17) is 0 Å². The van der Waals surface area contributed by atoms with Gasteiger partial charge in [-0.05, 0) is 36.9 Å². The smallest absolute Gasteiger partial charge is 0.267 e. The number of aryl methyl sites for hydroxylation is 1. The first-order valence-corrected chi connectivity index (χ1v) is 10.3. The summed E-state index contributed by atoms with van der Waals surface area (Å²) in [5.41, 5.74) is 7.02. The van der Waals surface area contributed by atoms with Crippen LogP contribution in [0.2, 0.25) is 0 Å². The molecule has 29 heavy (non-hydrogen) atoms. The maximum atomic E-state index is 12.6. The molecule has 0 saturated carbocycles. The van der Waals surface area contributed by atoms with Crippen LogP contribution in [0.15, 0.2) is 76.9 Å². The number of fused-ring (bicyclic) bond motifs is 1. The lowest BCUT2D eigenvalue weighted by molar-refractivity contribution is 0.0956. The summed E-state index contributed by atoms with van der Waals surface area (Å²) in [4.78, 5) is 18.5. The van der Waals surface area contributed by atoms with Crippen LogP contribution < -0.4 is 5.43 Å². The largest absolute Gasteiger partial charge is 0.276 e. The molecule has 4 aromatic rings. The minimum atomic E-state index is -0.353. The van der Waals surface area contributed by atoms with E-state index in [2.05, 4.69) is 20.6 Å². The minimum absolute atomic E-state index is 0.353. The monoisotopic (exact) mass is 401 g/mol. The Kier molecular flexibility index (Phi) is 5.39. The van der Waals surface area contributed by atoms with Crippen LogP contribution in [-0.4, -0.2) is 33.0 Å². The highest BCUT2D eigenvalue weighted by atomic mass is 32.2. The molecular weight excluding hydrogens is 382 g/mol. The van der Waals surface area contributed by atoms with Gasteiger partial charge in [-0.3, -0.25) is 4.79 Å². The van der Waals surface area contributed by atoms with Crippen LogP contribution in [0.25, 0.3) is 16.9 Å². The maximum absolute atomic E-state index is 12.6. The van der Waals surface area contributed by atoms with Crippen LogP contribution in [0, 0.1) is 6.92 Å². The van der Waals surface area contributed by atoms with E-state index in [0.717, 1.165) is 22.5 Å². The fraction of sp³-hybridized carbons (Fsp3) is 0.0909. The first kappa shape index (κ1) is 18.9. The van der Waals surface area contributed by atoms with E-state index < -0.39 is 0 Å². The molecule has 1 amide bonds. The molecule has 7 heteroatoms. The summed E-state index contributed by atoms with van der Waals surface area (Å²) >= 11 is 1.68. The van der Waals surface area contributed by atoms with Crippen molar-refractivity contribution in [2.75, 3.05) is 6.26 Å². The third-order valence-corrected chi connectivity index (χ3v) is 5.20. The molecule has 0 aliphatic carbocycles. The standard InChI is InChI=1S/C22H19N5OS/c1-15-12-20(17-6-4-3-5-7-17)25-21-19(14-24-27(15)21)22(28)26-23-13-16-8-10-18(29-2)11-9-16/h3-14H,1-2H3,(H,26,28). The van der Waals surface area contributed by atoms with Gasteiger partial charge in [-0.15, -0.1) is 11.8 Å². The van der Waals surface area contributed by atoms with Gasteiger partial charge in [-0.1, -0.05) is 42.5 Å². The number of benzene rings is 2. The molecule has 6 nitrogen and oxygen atoms in total. The van der Waals surface area contributed by atoms with Gasteiger partial charge in [-0.2, -0.15) is 10.2 Å². The minimum Gasteiger partial charge on any atom is -0.267 e. The quantitative estimate of drug-likeness (QED) is 0.309. The Balaban J connectivity index is 1.58. The summed E-state index contributed by atoms with van der Waals surface area (Å²) in [5.74, 6) is -0.353. The number of hydrogen-bond acceptors (Lipinski definition) is 5. The topological polar surface area (TPSA) is 71.7 Å². The van der Waals surface area contributed by atoms with Gasteiger partial charge < -0.3 is 0 Å². The van der Waals surface area contributed by atoms with Crippen LogP contribution in [0.4, 0.5) is 0 Å². The molecule has 1 N–H and O–H groups in total. The average Bonchev–Trinajstić information content (AvgIpc) is 3.19. The number of aromatic nitrogens is 3. The molecule has 0 aliphatic rings. The van der Waals surface area contributed by atoms with E-state index in [1.54, 1.807) is 22.5 Å². The fourth-order valence-electron chi connectivity index (χ4n) is 2.95. The van der Waals surface area contributed by atoms with Crippen LogP contribution >= 0.6 is 11.8 Å². The predicted molar refractivity (Wildman–Crippen MR) is 116 cm³/mol. The van der Waals surface area contributed by atoms with Gasteiger partial charge in [0.25, 0.3) is 5.91 Å². The molecule has 2 aromatic carbocycles. The Bertz CT molecular complexity index is 1180. The lowest BCUT2D eigenvalue weighted by atomic mass is 10.1. The Morgan fingerprint density at radius 2 is 1.90 bits per heavy atom. The first-order chi connectivity index (χ1) is 14.2. The summed E-state index contributed by atoms with van der Waals surface area (Å²) in [5, 5.41) is 8.37. The SMILES string of the molecule is CSc1ccc(C=NNC(=O)c2cnn3c(C)cc(-c4ccccc4)nc23)cc1. The second-order valence-electron chi connectivity index (χ2n) is 6.41. The zero-order chi connectivity index (χ0) is 20.2. The highest BCUT2D eigenvalue weighted by Crippen LogP contribution is 2.21. The van der Waals surface area contributed by atoms with Gasteiger partial charge in [0.2, 0.25) is 0 Å². The van der Waals surface area contributed by atoms with E-state index in [1.165, 1.54) is 11.1 Å². The molecule has 0 spiro atoms. The van der Waals surface area contributed by atoms with Crippen LogP contribution in [-0.2, 0) is 0 Å². The van der Waals surface area contributed by atoms with Crippen molar-refractivity contribution in [3.05, 3.63) is 83.7 Å². The number of rotatable bonds is 5. The number of carbonyl (C=O) groups excluding carboxylic acids is 1. The summed E-state index contributed by atoms with van der Waals surface area (Å²) in [6, 6.07) is 19.7. The van der Waals surface area contributed by atoms with E-state index in [9.17, 15) is 4.79 Å². The number of thioether (sulfide) groups is 1. The highest BCUT2D eigenvalue weighted by molar-refractivity contribution is 7.98. The van der Waals surface area contributed by atoms with Crippen molar-refractivity contribution in [1.29, 1.82) is 0 Å². The summed E-state index contributed by atoms with van der Waals surface area (Å²) in [7, 11) is 0. The molecule has 0 atom stereocenters. The van der Waals surface area contributed by atoms with Gasteiger partial charge in [0, 0.05) is 16.2 Å². The van der Waals surface area contributed by atoms with Crippen molar-refractivity contribution < 1.29 is 4.79 Å². The number of nitrogens with one attached hydrogen (secondary N) is 1. The zero-order valence-corrected chi connectivity index (χ0v) is 16.9. The molecule has 2 aromatic heterocycles. The van der Waals surface area contributed by atoms with E-state index in [-0.39, 0.29) is 5.91 Å². The molecule has 0 saturated heterocycles. The molecule has 0 unspecified atom stereocenters. The summed E-state index contributed by atoms with van der Waals surface area (Å²) in [6.45, 7) is 1.94. The second kappa shape index (κ2) is 8.28. The number of nitrogens with zero attached hydrogens (tertiary/aromatic N) is 4. The third-order valence-electron chi connectivity index (χ3n) is 4.46. The Morgan fingerprint density at radius 1 is 1.14 bits per heavy atom. The summed E-state index contributed by atoms with van der Waals surface area (Å²) < 4.78 is 1.66. The molecule has 2 heterocycles. The summed E-state index contributed by atoms with van der Waals surface area (Å²) in [6.07, 6.45) is 5.16. The number of amides is 1.